The Bertz CT molecular complexity index is 948. The molecule has 9 heteroatoms. The maximum atomic E-state index is 14.3. The molecule has 1 saturated heterocycles. The Morgan fingerprint density at radius 2 is 1.85 bits per heavy atom. The molecule has 0 aromatic heterocycles. The number of nitrogens with one attached hydrogen (secondary N) is 2. The van der Waals surface area contributed by atoms with Crippen molar-refractivity contribution in [3.8, 4) is 0 Å². The third-order valence-corrected chi connectivity index (χ3v) is 6.64. The van der Waals surface area contributed by atoms with E-state index in [-0.39, 0.29) is 27.7 Å². The lowest BCUT2D eigenvalue weighted by Gasteiger charge is -2.37. The number of sulfonamides is 1. The lowest BCUT2D eigenvalue weighted by atomic mass is 10.1. The average molecular weight is 477 g/mol. The average Bonchev–Trinajstić information content (AvgIpc) is 2.55. The van der Waals surface area contributed by atoms with Crippen LogP contribution in [0.25, 0.3) is 0 Å². The molecule has 2 aromatic rings. The normalized spacial score (nSPS) is 20.6. The van der Waals surface area contributed by atoms with E-state index in [1.807, 2.05) is 0 Å². The number of piperazine rings is 1. The van der Waals surface area contributed by atoms with E-state index in [1.165, 1.54) is 24.3 Å². The van der Waals surface area contributed by atoms with Gasteiger partial charge in [-0.15, -0.1) is 0 Å². The second-order valence-corrected chi connectivity index (χ2v) is 9.69. The zero-order chi connectivity index (χ0) is 19.8. The molecule has 0 amide bonds. The molecule has 0 spiro atoms. The minimum absolute atomic E-state index is 0.0539. The summed E-state index contributed by atoms with van der Waals surface area (Å²) in [6.07, 6.45) is 0. The minimum Gasteiger partial charge on any atom is -0.368 e. The second-order valence-electron chi connectivity index (χ2n) is 6.72. The van der Waals surface area contributed by atoms with Crippen LogP contribution in [-0.2, 0) is 10.0 Å². The van der Waals surface area contributed by atoms with E-state index in [1.54, 1.807) is 12.1 Å². The van der Waals surface area contributed by atoms with E-state index in [4.69, 9.17) is 11.6 Å². The van der Waals surface area contributed by atoms with Gasteiger partial charge in [0.25, 0.3) is 10.0 Å². The predicted octanol–water partition coefficient (Wildman–Crippen LogP) is 4.23. The number of anilines is 2. The molecule has 2 aromatic carbocycles. The molecule has 1 heterocycles. The van der Waals surface area contributed by atoms with Crippen LogP contribution in [0.3, 0.4) is 0 Å². The zero-order valence-electron chi connectivity index (χ0n) is 14.8. The van der Waals surface area contributed by atoms with Gasteiger partial charge in [-0.1, -0.05) is 27.5 Å². The third-order valence-electron chi connectivity index (χ3n) is 4.30. The topological polar surface area (TPSA) is 61.4 Å². The predicted molar refractivity (Wildman–Crippen MR) is 111 cm³/mol. The molecule has 0 bridgehead atoms. The minimum atomic E-state index is -4.03. The van der Waals surface area contributed by atoms with Gasteiger partial charge in [0.2, 0.25) is 0 Å². The molecular weight excluding hydrogens is 457 g/mol. The quantitative estimate of drug-likeness (QED) is 0.693. The Labute approximate surface area is 172 Å². The maximum Gasteiger partial charge on any atom is 0.263 e. The molecule has 2 N–H and O–H groups in total. The number of rotatable bonds is 4. The standard InChI is InChI=1S/C18H20BrClFN3O2S/c1-11-9-24(10-12(2)22-11)14-4-5-16(21)17(8-14)23-27(25,26)18-6-3-13(19)7-15(18)20/h3-8,11-12,22-23H,9-10H2,1-2H3/t11-,12+. The summed E-state index contributed by atoms with van der Waals surface area (Å²) < 4.78 is 42.6. The highest BCUT2D eigenvalue weighted by atomic mass is 79.9. The van der Waals surface area contributed by atoms with Crippen molar-refractivity contribution >= 4 is 48.9 Å². The van der Waals surface area contributed by atoms with E-state index in [9.17, 15) is 12.8 Å². The Morgan fingerprint density at radius 3 is 2.48 bits per heavy atom. The van der Waals surface area contributed by atoms with Gasteiger partial charge < -0.3 is 10.2 Å². The summed E-state index contributed by atoms with van der Waals surface area (Å²) in [6, 6.07) is 9.42. The molecule has 0 aliphatic carbocycles. The van der Waals surface area contributed by atoms with Crippen molar-refractivity contribution < 1.29 is 12.8 Å². The van der Waals surface area contributed by atoms with Crippen molar-refractivity contribution in [2.45, 2.75) is 30.8 Å². The van der Waals surface area contributed by atoms with E-state index in [0.29, 0.717) is 4.47 Å². The van der Waals surface area contributed by atoms with E-state index in [0.717, 1.165) is 18.8 Å². The Hall–Kier alpha value is -1.35. The highest BCUT2D eigenvalue weighted by Crippen LogP contribution is 2.30. The first-order chi connectivity index (χ1) is 12.7. The molecular formula is C18H20BrClFN3O2S. The smallest absolute Gasteiger partial charge is 0.263 e. The molecule has 2 atom stereocenters. The summed E-state index contributed by atoms with van der Waals surface area (Å²) in [7, 11) is -4.03. The summed E-state index contributed by atoms with van der Waals surface area (Å²) in [5.41, 5.74) is 0.654. The molecule has 0 unspecified atom stereocenters. The van der Waals surface area contributed by atoms with Gasteiger partial charge in [0.1, 0.15) is 10.7 Å². The lowest BCUT2D eigenvalue weighted by Crippen LogP contribution is -2.54. The lowest BCUT2D eigenvalue weighted by molar-refractivity contribution is 0.407. The van der Waals surface area contributed by atoms with Crippen molar-refractivity contribution in [1.29, 1.82) is 0 Å². The largest absolute Gasteiger partial charge is 0.368 e. The van der Waals surface area contributed by atoms with Crippen LogP contribution >= 0.6 is 27.5 Å². The molecule has 1 aliphatic heterocycles. The van der Waals surface area contributed by atoms with Crippen LogP contribution < -0.4 is 14.9 Å². The maximum absolute atomic E-state index is 14.3. The van der Waals surface area contributed by atoms with Gasteiger partial charge in [0.15, 0.2) is 0 Å². The molecule has 1 fully saturated rings. The monoisotopic (exact) mass is 475 g/mol. The second kappa shape index (κ2) is 7.95. The van der Waals surface area contributed by atoms with Crippen molar-refractivity contribution in [3.05, 3.63) is 51.7 Å². The first-order valence-corrected chi connectivity index (χ1v) is 11.1. The molecule has 3 rings (SSSR count). The summed E-state index contributed by atoms with van der Waals surface area (Å²) in [5, 5.41) is 3.48. The first-order valence-electron chi connectivity index (χ1n) is 8.44. The Balaban J connectivity index is 1.90. The van der Waals surface area contributed by atoms with Gasteiger partial charge in [-0.3, -0.25) is 4.72 Å². The number of halogens is 3. The summed E-state index contributed by atoms with van der Waals surface area (Å²) in [5.74, 6) is -0.646. The number of hydrogen-bond donors (Lipinski definition) is 2. The van der Waals surface area contributed by atoms with Crippen LogP contribution in [0.5, 0.6) is 0 Å². The number of benzene rings is 2. The SMILES string of the molecule is C[C@@H]1CN(c2ccc(F)c(NS(=O)(=O)c3ccc(Br)cc3Cl)c2)C[C@H](C)N1. The summed E-state index contributed by atoms with van der Waals surface area (Å²) in [6.45, 7) is 5.65. The first kappa shape index (κ1) is 20.4. The Morgan fingerprint density at radius 1 is 1.19 bits per heavy atom. The van der Waals surface area contributed by atoms with Crippen LogP contribution in [-0.4, -0.2) is 33.6 Å². The molecule has 0 saturated carbocycles. The van der Waals surface area contributed by atoms with E-state index in [2.05, 4.69) is 44.7 Å². The molecule has 146 valence electrons. The number of nitrogens with zero attached hydrogens (tertiary/aromatic N) is 1. The highest BCUT2D eigenvalue weighted by molar-refractivity contribution is 9.10. The molecule has 5 nitrogen and oxygen atoms in total. The van der Waals surface area contributed by atoms with Gasteiger partial charge in [-0.25, -0.2) is 12.8 Å². The van der Waals surface area contributed by atoms with Crippen LogP contribution in [0, 0.1) is 5.82 Å². The van der Waals surface area contributed by atoms with Gasteiger partial charge in [-0.05, 0) is 50.2 Å². The summed E-state index contributed by atoms with van der Waals surface area (Å²) in [4.78, 5) is 2.00. The molecule has 1 aliphatic rings. The van der Waals surface area contributed by atoms with Gasteiger partial charge >= 0.3 is 0 Å². The fraction of sp³-hybridized carbons (Fsp3) is 0.333. The third kappa shape index (κ3) is 4.74. The molecule has 0 radical (unpaired) electrons. The van der Waals surface area contributed by atoms with Crippen LogP contribution in [0.15, 0.2) is 45.8 Å². The fourth-order valence-electron chi connectivity index (χ4n) is 3.22. The van der Waals surface area contributed by atoms with E-state index < -0.39 is 15.8 Å². The van der Waals surface area contributed by atoms with Crippen molar-refractivity contribution in [3.63, 3.8) is 0 Å². The summed E-state index contributed by atoms with van der Waals surface area (Å²) >= 11 is 9.28. The zero-order valence-corrected chi connectivity index (χ0v) is 18.0. The van der Waals surface area contributed by atoms with Crippen molar-refractivity contribution in [2.75, 3.05) is 22.7 Å². The van der Waals surface area contributed by atoms with E-state index >= 15 is 0 Å². The van der Waals surface area contributed by atoms with Crippen molar-refractivity contribution in [1.82, 2.24) is 5.32 Å². The van der Waals surface area contributed by atoms with Crippen LogP contribution in [0.4, 0.5) is 15.8 Å². The number of hydrogen-bond acceptors (Lipinski definition) is 4. The van der Waals surface area contributed by atoms with Gasteiger partial charge in [0.05, 0.1) is 10.7 Å². The van der Waals surface area contributed by atoms with Crippen LogP contribution in [0.1, 0.15) is 13.8 Å². The van der Waals surface area contributed by atoms with Gasteiger partial charge in [-0.2, -0.15) is 0 Å². The Kier molecular flexibility index (Phi) is 6.00. The van der Waals surface area contributed by atoms with Gasteiger partial charge in [0, 0.05) is 35.3 Å². The van der Waals surface area contributed by atoms with Crippen molar-refractivity contribution in [2.24, 2.45) is 0 Å². The molecule has 27 heavy (non-hydrogen) atoms. The fourth-order valence-corrected chi connectivity index (χ4v) is 5.32. The highest BCUT2D eigenvalue weighted by Gasteiger charge is 2.24. The van der Waals surface area contributed by atoms with Crippen LogP contribution in [0.2, 0.25) is 5.02 Å².